The SMILES string of the molecule is O=C1CC[C@@H](C(=O)O)N1.[Cu]. The summed E-state index contributed by atoms with van der Waals surface area (Å²) < 4.78 is 0. The van der Waals surface area contributed by atoms with E-state index in [4.69, 9.17) is 5.11 Å². The zero-order valence-corrected chi connectivity index (χ0v) is 6.00. The van der Waals surface area contributed by atoms with Crippen molar-refractivity contribution >= 4 is 11.9 Å². The van der Waals surface area contributed by atoms with E-state index in [0.717, 1.165) is 0 Å². The molecule has 0 aromatic heterocycles. The Morgan fingerprint density at radius 3 is 2.50 bits per heavy atom. The molecule has 1 rings (SSSR count). The van der Waals surface area contributed by atoms with Gasteiger partial charge in [0.25, 0.3) is 0 Å². The van der Waals surface area contributed by atoms with Gasteiger partial charge in [-0.15, -0.1) is 0 Å². The Hall–Kier alpha value is -0.541. The van der Waals surface area contributed by atoms with Crippen LogP contribution in [0.2, 0.25) is 0 Å². The van der Waals surface area contributed by atoms with Gasteiger partial charge in [-0.1, -0.05) is 0 Å². The second kappa shape index (κ2) is 3.58. The van der Waals surface area contributed by atoms with Crippen LogP contribution >= 0.6 is 0 Å². The van der Waals surface area contributed by atoms with Crippen LogP contribution in [0.1, 0.15) is 12.8 Å². The molecular formula is C5H7CuNO3. The van der Waals surface area contributed by atoms with Crippen molar-refractivity contribution in [2.75, 3.05) is 0 Å². The van der Waals surface area contributed by atoms with Gasteiger partial charge in [-0.05, 0) is 6.42 Å². The second-order valence-electron chi connectivity index (χ2n) is 2.00. The number of carboxylic acids is 1. The summed E-state index contributed by atoms with van der Waals surface area (Å²) in [5.41, 5.74) is 0. The zero-order chi connectivity index (χ0) is 6.85. The summed E-state index contributed by atoms with van der Waals surface area (Å²) in [5, 5.41) is 10.6. The summed E-state index contributed by atoms with van der Waals surface area (Å²) in [6.45, 7) is 0. The summed E-state index contributed by atoms with van der Waals surface area (Å²) in [6.07, 6.45) is 0.769. The third-order valence-corrected chi connectivity index (χ3v) is 1.29. The van der Waals surface area contributed by atoms with Gasteiger partial charge >= 0.3 is 5.97 Å². The quantitative estimate of drug-likeness (QED) is 0.543. The first kappa shape index (κ1) is 9.46. The van der Waals surface area contributed by atoms with Gasteiger partial charge in [0.15, 0.2) is 0 Å². The Morgan fingerprint density at radius 2 is 2.30 bits per heavy atom. The first-order valence-corrected chi connectivity index (χ1v) is 2.72. The van der Waals surface area contributed by atoms with Gasteiger partial charge in [-0.3, -0.25) is 4.79 Å². The number of aliphatic carboxylic acids is 1. The molecule has 10 heavy (non-hydrogen) atoms. The van der Waals surface area contributed by atoms with Crippen molar-refractivity contribution in [2.45, 2.75) is 18.9 Å². The predicted molar refractivity (Wildman–Crippen MR) is 28.8 cm³/mol. The van der Waals surface area contributed by atoms with Gasteiger partial charge in [0.05, 0.1) is 0 Å². The first-order valence-electron chi connectivity index (χ1n) is 2.72. The summed E-state index contributed by atoms with van der Waals surface area (Å²) in [4.78, 5) is 20.5. The van der Waals surface area contributed by atoms with Crippen LogP contribution in [-0.4, -0.2) is 23.0 Å². The molecule has 0 unspecified atom stereocenters. The maximum Gasteiger partial charge on any atom is 0.326 e. The van der Waals surface area contributed by atoms with E-state index >= 15 is 0 Å². The van der Waals surface area contributed by atoms with Crippen LogP contribution in [0.5, 0.6) is 0 Å². The number of nitrogens with one attached hydrogen (secondary N) is 1. The minimum absolute atomic E-state index is 0. The Kier molecular flexibility index (Phi) is 3.39. The molecule has 2 N–H and O–H groups in total. The molecule has 1 atom stereocenters. The van der Waals surface area contributed by atoms with Gasteiger partial charge < -0.3 is 10.4 Å². The van der Waals surface area contributed by atoms with Crippen molar-refractivity contribution in [1.29, 1.82) is 0 Å². The Morgan fingerprint density at radius 1 is 1.70 bits per heavy atom. The van der Waals surface area contributed by atoms with Crippen molar-refractivity contribution in [3.05, 3.63) is 0 Å². The minimum atomic E-state index is -0.944. The number of hydrogen-bond donors (Lipinski definition) is 2. The first-order chi connectivity index (χ1) is 4.20. The van der Waals surface area contributed by atoms with Crippen LogP contribution in [0, 0.1) is 0 Å². The summed E-state index contributed by atoms with van der Waals surface area (Å²) in [7, 11) is 0. The molecule has 1 aliphatic rings. The van der Waals surface area contributed by atoms with Crippen LogP contribution < -0.4 is 5.32 Å². The van der Waals surface area contributed by atoms with Crippen molar-refractivity contribution in [2.24, 2.45) is 0 Å². The number of hydrogen-bond acceptors (Lipinski definition) is 2. The van der Waals surface area contributed by atoms with Crippen LogP contribution in [0.3, 0.4) is 0 Å². The largest absolute Gasteiger partial charge is 0.480 e. The van der Waals surface area contributed by atoms with Gasteiger partial charge in [0.2, 0.25) is 5.91 Å². The van der Waals surface area contributed by atoms with Gasteiger partial charge in [-0.25, -0.2) is 4.79 Å². The van der Waals surface area contributed by atoms with Gasteiger partial charge in [0.1, 0.15) is 6.04 Å². The van der Waals surface area contributed by atoms with Crippen molar-refractivity contribution in [3.63, 3.8) is 0 Å². The van der Waals surface area contributed by atoms with Crippen molar-refractivity contribution in [1.82, 2.24) is 5.32 Å². The van der Waals surface area contributed by atoms with E-state index in [0.29, 0.717) is 12.8 Å². The molecule has 61 valence electrons. The Bertz CT molecular complexity index is 159. The third kappa shape index (κ3) is 2.00. The number of rotatable bonds is 1. The van der Waals surface area contributed by atoms with E-state index in [-0.39, 0.29) is 23.0 Å². The number of carboxylic acid groups (broad SMARTS) is 1. The molecule has 0 bridgehead atoms. The standard InChI is InChI=1S/C5H7NO3.Cu/c7-4-2-1-3(6-4)5(8)9;/h3H,1-2H2,(H,6,7)(H,8,9);/t3-;/m0./s1. The van der Waals surface area contributed by atoms with E-state index in [1.54, 1.807) is 0 Å². The van der Waals surface area contributed by atoms with Crippen molar-refractivity contribution < 1.29 is 31.8 Å². The van der Waals surface area contributed by atoms with E-state index in [2.05, 4.69) is 5.32 Å². The minimum Gasteiger partial charge on any atom is -0.480 e. The van der Waals surface area contributed by atoms with E-state index in [1.807, 2.05) is 0 Å². The molecule has 1 radical (unpaired) electrons. The molecule has 0 aromatic rings. The average molecular weight is 193 g/mol. The fourth-order valence-corrected chi connectivity index (χ4v) is 0.799. The maximum atomic E-state index is 10.4. The fourth-order valence-electron chi connectivity index (χ4n) is 0.799. The molecule has 0 spiro atoms. The van der Waals surface area contributed by atoms with Crippen LogP contribution in [0.15, 0.2) is 0 Å². The normalized spacial score (nSPS) is 23.2. The molecular weight excluding hydrogens is 186 g/mol. The smallest absolute Gasteiger partial charge is 0.326 e. The zero-order valence-electron chi connectivity index (χ0n) is 5.06. The monoisotopic (exact) mass is 192 g/mol. The second-order valence-corrected chi connectivity index (χ2v) is 2.00. The molecule has 0 aliphatic carbocycles. The van der Waals surface area contributed by atoms with E-state index in [1.165, 1.54) is 0 Å². The molecule has 4 nitrogen and oxygen atoms in total. The summed E-state index contributed by atoms with van der Waals surface area (Å²) in [5.74, 6) is -1.11. The molecule has 1 aliphatic heterocycles. The molecule has 1 saturated heterocycles. The number of carbonyl (C=O) groups is 2. The summed E-state index contributed by atoms with van der Waals surface area (Å²) in [6, 6.07) is -0.641. The van der Waals surface area contributed by atoms with Crippen LogP contribution in [0.4, 0.5) is 0 Å². The molecule has 1 fully saturated rings. The Labute approximate surface area is 68.5 Å². The summed E-state index contributed by atoms with van der Waals surface area (Å²) >= 11 is 0. The maximum absolute atomic E-state index is 10.4. The molecule has 1 heterocycles. The van der Waals surface area contributed by atoms with Crippen LogP contribution in [0.25, 0.3) is 0 Å². The molecule has 0 saturated carbocycles. The predicted octanol–water partition coefficient (Wildman–Crippen LogP) is -0.653. The number of amides is 1. The molecule has 0 aromatic carbocycles. The topological polar surface area (TPSA) is 66.4 Å². The molecule has 5 heteroatoms. The van der Waals surface area contributed by atoms with Gasteiger partial charge in [-0.2, -0.15) is 0 Å². The van der Waals surface area contributed by atoms with E-state index in [9.17, 15) is 9.59 Å². The number of carbonyl (C=O) groups excluding carboxylic acids is 1. The average Bonchev–Trinajstić information content (AvgIpc) is 2.14. The Balaban J connectivity index is 0.000000810. The van der Waals surface area contributed by atoms with Gasteiger partial charge in [0, 0.05) is 23.5 Å². The van der Waals surface area contributed by atoms with Crippen molar-refractivity contribution in [3.8, 4) is 0 Å². The fraction of sp³-hybridized carbons (Fsp3) is 0.600. The third-order valence-electron chi connectivity index (χ3n) is 1.29. The molecule has 1 amide bonds. The van der Waals surface area contributed by atoms with Crippen LogP contribution in [-0.2, 0) is 26.7 Å². The van der Waals surface area contributed by atoms with E-state index < -0.39 is 12.0 Å².